The van der Waals surface area contributed by atoms with E-state index in [1.165, 1.54) is 36.9 Å². The van der Waals surface area contributed by atoms with Crippen molar-refractivity contribution in [2.24, 2.45) is 5.92 Å². The average Bonchev–Trinajstić information content (AvgIpc) is 2.94. The summed E-state index contributed by atoms with van der Waals surface area (Å²) >= 11 is 0. The largest absolute Gasteiger partial charge is 0.369 e. The molecule has 0 radical (unpaired) electrons. The lowest BCUT2D eigenvalue weighted by Crippen LogP contribution is -2.34. The van der Waals surface area contributed by atoms with Gasteiger partial charge in [-0.05, 0) is 55.2 Å². The van der Waals surface area contributed by atoms with Crippen LogP contribution < -0.4 is 15.5 Å². The van der Waals surface area contributed by atoms with Crippen LogP contribution in [0.3, 0.4) is 0 Å². The zero-order chi connectivity index (χ0) is 19.0. The van der Waals surface area contributed by atoms with E-state index in [4.69, 9.17) is 0 Å². The van der Waals surface area contributed by atoms with Gasteiger partial charge in [0.2, 0.25) is 0 Å². The SMILES string of the molecule is CC1CCCN(c2ccc(NC=C3C(=O)Nc4ccc(F)cc43)cc2F)C1. The van der Waals surface area contributed by atoms with Crippen molar-refractivity contribution in [2.75, 3.05) is 28.6 Å². The molecule has 2 N–H and O–H groups in total. The van der Waals surface area contributed by atoms with Gasteiger partial charge in [-0.15, -0.1) is 0 Å². The quantitative estimate of drug-likeness (QED) is 0.777. The van der Waals surface area contributed by atoms with E-state index in [0.717, 1.165) is 19.5 Å². The van der Waals surface area contributed by atoms with Crippen LogP contribution in [-0.2, 0) is 4.79 Å². The van der Waals surface area contributed by atoms with Gasteiger partial charge in [0, 0.05) is 36.2 Å². The van der Waals surface area contributed by atoms with E-state index in [2.05, 4.69) is 22.5 Å². The Bertz CT molecular complexity index is 926. The Labute approximate surface area is 156 Å². The number of carbonyl (C=O) groups excluding carboxylic acids is 1. The minimum absolute atomic E-state index is 0.296. The summed E-state index contributed by atoms with van der Waals surface area (Å²) in [5.41, 5.74) is 2.51. The number of hydrogen-bond donors (Lipinski definition) is 2. The molecule has 0 bridgehead atoms. The zero-order valence-corrected chi connectivity index (χ0v) is 15.1. The highest BCUT2D eigenvalue weighted by molar-refractivity contribution is 6.31. The van der Waals surface area contributed by atoms with E-state index >= 15 is 0 Å². The molecule has 27 heavy (non-hydrogen) atoms. The molecule has 0 spiro atoms. The standard InChI is InChI=1S/C21H21F2N3O/c1-13-3-2-8-26(12-13)20-7-5-15(10-18(20)23)24-11-17-16-9-14(22)4-6-19(16)25-21(17)27/h4-7,9-11,13,24H,2-3,8,12H2,1H3,(H,25,27). The molecule has 4 nitrogen and oxygen atoms in total. The highest BCUT2D eigenvalue weighted by Gasteiger charge is 2.24. The smallest absolute Gasteiger partial charge is 0.257 e. The van der Waals surface area contributed by atoms with E-state index < -0.39 is 5.82 Å². The molecule has 0 aliphatic carbocycles. The summed E-state index contributed by atoms with van der Waals surface area (Å²) in [7, 11) is 0. The number of anilines is 3. The normalized spacial score (nSPS) is 20.6. The predicted octanol–water partition coefficient (Wildman–Crippen LogP) is 4.61. The van der Waals surface area contributed by atoms with Gasteiger partial charge in [0.05, 0.1) is 11.3 Å². The Hall–Kier alpha value is -2.89. The van der Waals surface area contributed by atoms with Gasteiger partial charge < -0.3 is 15.5 Å². The van der Waals surface area contributed by atoms with Crippen LogP contribution in [-0.4, -0.2) is 19.0 Å². The third-order valence-corrected chi connectivity index (χ3v) is 5.09. The minimum atomic E-state index is -0.415. The van der Waals surface area contributed by atoms with Gasteiger partial charge >= 0.3 is 0 Å². The molecule has 1 atom stereocenters. The minimum Gasteiger partial charge on any atom is -0.369 e. The van der Waals surface area contributed by atoms with Gasteiger partial charge in [-0.1, -0.05) is 6.92 Å². The molecule has 1 saturated heterocycles. The lowest BCUT2D eigenvalue weighted by molar-refractivity contribution is -0.110. The van der Waals surface area contributed by atoms with Gasteiger partial charge in [0.1, 0.15) is 11.6 Å². The van der Waals surface area contributed by atoms with Crippen LogP contribution in [0.2, 0.25) is 0 Å². The second kappa shape index (κ2) is 7.02. The van der Waals surface area contributed by atoms with Crippen LogP contribution in [0.15, 0.2) is 42.6 Å². The number of piperidine rings is 1. The first-order valence-corrected chi connectivity index (χ1v) is 9.14. The first-order valence-electron chi connectivity index (χ1n) is 9.14. The highest BCUT2D eigenvalue weighted by atomic mass is 19.1. The van der Waals surface area contributed by atoms with Crippen molar-refractivity contribution < 1.29 is 13.6 Å². The van der Waals surface area contributed by atoms with Gasteiger partial charge in [-0.3, -0.25) is 4.79 Å². The Morgan fingerprint density at radius 2 is 2.07 bits per heavy atom. The van der Waals surface area contributed by atoms with Crippen LogP contribution in [0.1, 0.15) is 25.3 Å². The maximum atomic E-state index is 14.6. The van der Waals surface area contributed by atoms with Crippen molar-refractivity contribution in [1.29, 1.82) is 0 Å². The third kappa shape index (κ3) is 3.52. The number of nitrogens with one attached hydrogen (secondary N) is 2. The van der Waals surface area contributed by atoms with Crippen LogP contribution in [0, 0.1) is 17.6 Å². The lowest BCUT2D eigenvalue weighted by Gasteiger charge is -2.33. The molecule has 2 heterocycles. The third-order valence-electron chi connectivity index (χ3n) is 5.09. The Morgan fingerprint density at radius 1 is 1.22 bits per heavy atom. The maximum Gasteiger partial charge on any atom is 0.257 e. The summed E-state index contributed by atoms with van der Waals surface area (Å²) in [4.78, 5) is 14.2. The maximum absolute atomic E-state index is 14.6. The predicted molar refractivity (Wildman–Crippen MR) is 104 cm³/mol. The fourth-order valence-electron chi connectivity index (χ4n) is 3.72. The highest BCUT2D eigenvalue weighted by Crippen LogP contribution is 2.32. The molecule has 4 rings (SSSR count). The number of hydrogen-bond acceptors (Lipinski definition) is 3. The van der Waals surface area contributed by atoms with Gasteiger partial charge in [0.25, 0.3) is 5.91 Å². The fraction of sp³-hybridized carbons (Fsp3) is 0.286. The molecular weight excluding hydrogens is 348 g/mol. The second-order valence-corrected chi connectivity index (χ2v) is 7.21. The van der Waals surface area contributed by atoms with E-state index in [1.807, 2.05) is 0 Å². The summed E-state index contributed by atoms with van der Waals surface area (Å²) in [6, 6.07) is 9.10. The Balaban J connectivity index is 1.54. The first kappa shape index (κ1) is 17.5. The van der Waals surface area contributed by atoms with E-state index in [0.29, 0.717) is 34.1 Å². The number of carbonyl (C=O) groups is 1. The number of fused-ring (bicyclic) bond motifs is 1. The summed E-state index contributed by atoms with van der Waals surface area (Å²) in [5.74, 6) is -0.471. The van der Waals surface area contributed by atoms with Crippen LogP contribution in [0.25, 0.3) is 5.57 Å². The van der Waals surface area contributed by atoms with Crippen molar-refractivity contribution in [3.8, 4) is 0 Å². The molecule has 2 aromatic rings. The van der Waals surface area contributed by atoms with Gasteiger partial charge in [-0.25, -0.2) is 8.78 Å². The molecule has 2 aliphatic rings. The topological polar surface area (TPSA) is 44.4 Å². The number of rotatable bonds is 3. The molecule has 2 aliphatic heterocycles. The van der Waals surface area contributed by atoms with Crippen LogP contribution in [0.4, 0.5) is 25.8 Å². The van der Waals surface area contributed by atoms with Gasteiger partial charge in [0.15, 0.2) is 0 Å². The van der Waals surface area contributed by atoms with Crippen molar-refractivity contribution in [1.82, 2.24) is 0 Å². The molecular formula is C21H21F2N3O. The fourth-order valence-corrected chi connectivity index (χ4v) is 3.72. The first-order chi connectivity index (χ1) is 13.0. The number of nitrogens with zero attached hydrogens (tertiary/aromatic N) is 1. The monoisotopic (exact) mass is 369 g/mol. The lowest BCUT2D eigenvalue weighted by atomic mass is 9.99. The summed E-state index contributed by atoms with van der Waals surface area (Å²) in [6.45, 7) is 3.90. The second-order valence-electron chi connectivity index (χ2n) is 7.21. The molecule has 6 heteroatoms. The zero-order valence-electron chi connectivity index (χ0n) is 15.1. The number of benzene rings is 2. The molecule has 0 aromatic heterocycles. The molecule has 2 aromatic carbocycles. The van der Waals surface area contributed by atoms with Crippen molar-refractivity contribution >= 4 is 28.5 Å². The molecule has 1 unspecified atom stereocenters. The van der Waals surface area contributed by atoms with E-state index in [1.54, 1.807) is 12.1 Å². The van der Waals surface area contributed by atoms with Crippen LogP contribution in [0.5, 0.6) is 0 Å². The summed E-state index contributed by atoms with van der Waals surface area (Å²) in [5, 5.41) is 5.64. The summed E-state index contributed by atoms with van der Waals surface area (Å²) < 4.78 is 28.1. The molecule has 140 valence electrons. The number of amides is 1. The molecule has 1 fully saturated rings. The van der Waals surface area contributed by atoms with Crippen molar-refractivity contribution in [2.45, 2.75) is 19.8 Å². The number of halogens is 2. The molecule has 1 amide bonds. The summed E-state index contributed by atoms with van der Waals surface area (Å²) in [6.07, 6.45) is 3.73. The van der Waals surface area contributed by atoms with Crippen molar-refractivity contribution in [3.05, 3.63) is 59.8 Å². The Morgan fingerprint density at radius 3 is 2.85 bits per heavy atom. The van der Waals surface area contributed by atoms with Crippen molar-refractivity contribution in [3.63, 3.8) is 0 Å². The van der Waals surface area contributed by atoms with E-state index in [-0.39, 0.29) is 11.7 Å². The Kier molecular flexibility index (Phi) is 4.56. The molecule has 0 saturated carbocycles. The van der Waals surface area contributed by atoms with Crippen LogP contribution >= 0.6 is 0 Å². The average molecular weight is 369 g/mol. The van der Waals surface area contributed by atoms with E-state index in [9.17, 15) is 13.6 Å². The van der Waals surface area contributed by atoms with Gasteiger partial charge in [-0.2, -0.15) is 0 Å².